The third-order valence-corrected chi connectivity index (χ3v) is 6.07. The molecule has 0 spiro atoms. The predicted molar refractivity (Wildman–Crippen MR) is 120 cm³/mol. The Labute approximate surface area is 188 Å². The maximum Gasteiger partial charge on any atom is 0.257 e. The molecule has 1 aliphatic rings. The van der Waals surface area contributed by atoms with Crippen LogP contribution in [0.25, 0.3) is 10.6 Å². The van der Waals surface area contributed by atoms with Gasteiger partial charge in [0.1, 0.15) is 11.1 Å². The molecule has 3 aromatic heterocycles. The van der Waals surface area contributed by atoms with Crippen LogP contribution in [0.1, 0.15) is 34.1 Å². The molecule has 0 bridgehead atoms. The summed E-state index contributed by atoms with van der Waals surface area (Å²) in [6.45, 7) is 0. The third-order valence-electron chi connectivity index (χ3n) is 5.18. The molecule has 5 rings (SSSR count). The molecule has 160 valence electrons. The highest BCUT2D eigenvalue weighted by Crippen LogP contribution is 2.38. The van der Waals surface area contributed by atoms with Gasteiger partial charge in [0.15, 0.2) is 11.5 Å². The minimum absolute atomic E-state index is 0.0831. The molecule has 0 radical (unpaired) electrons. The largest absolute Gasteiger partial charge is 0.493 e. The van der Waals surface area contributed by atoms with Gasteiger partial charge in [-0.1, -0.05) is 17.4 Å². The zero-order chi connectivity index (χ0) is 21.9. The van der Waals surface area contributed by atoms with Crippen molar-refractivity contribution < 1.29 is 14.3 Å². The monoisotopic (exact) mass is 445 g/mol. The lowest BCUT2D eigenvalue weighted by atomic mass is 10.1. The zero-order valence-corrected chi connectivity index (χ0v) is 18.0. The Hall–Kier alpha value is -3.85. The van der Waals surface area contributed by atoms with Gasteiger partial charge in [0.25, 0.3) is 5.91 Å². The maximum atomic E-state index is 12.8. The average Bonchev–Trinajstić information content (AvgIpc) is 3.47. The number of fused-ring (bicyclic) bond motifs is 1. The van der Waals surface area contributed by atoms with Crippen molar-refractivity contribution in [2.75, 3.05) is 12.4 Å². The molecule has 0 saturated carbocycles. The highest BCUT2D eigenvalue weighted by atomic mass is 32.1. The minimum Gasteiger partial charge on any atom is -0.493 e. The molecule has 9 heteroatoms. The molecular formula is C23H19N5O3S. The van der Waals surface area contributed by atoms with Crippen molar-refractivity contribution in [2.45, 2.75) is 18.9 Å². The summed E-state index contributed by atoms with van der Waals surface area (Å²) in [7, 11) is 1.56. The molecule has 1 atom stereocenters. The van der Waals surface area contributed by atoms with E-state index in [2.05, 4.69) is 25.5 Å². The van der Waals surface area contributed by atoms with Crippen LogP contribution in [-0.2, 0) is 6.42 Å². The molecule has 0 aliphatic heterocycles. The van der Waals surface area contributed by atoms with Crippen LogP contribution in [0.15, 0.2) is 61.1 Å². The summed E-state index contributed by atoms with van der Waals surface area (Å²) in [6.07, 6.45) is 6.83. The number of methoxy groups -OCH3 is 1. The number of hydrogen-bond acceptors (Lipinski definition) is 8. The maximum absolute atomic E-state index is 12.8. The van der Waals surface area contributed by atoms with Gasteiger partial charge >= 0.3 is 0 Å². The number of pyridine rings is 2. The molecule has 8 nitrogen and oxygen atoms in total. The number of carbonyl (C=O) groups excluding carboxylic acids is 1. The van der Waals surface area contributed by atoms with Crippen LogP contribution in [0.3, 0.4) is 0 Å². The van der Waals surface area contributed by atoms with Gasteiger partial charge in [-0.15, -0.1) is 10.2 Å². The number of carbonyl (C=O) groups is 1. The van der Waals surface area contributed by atoms with Crippen LogP contribution >= 0.6 is 11.3 Å². The number of nitrogens with one attached hydrogen (secondary N) is 1. The molecule has 3 heterocycles. The lowest BCUT2D eigenvalue weighted by Crippen LogP contribution is -2.12. The highest BCUT2D eigenvalue weighted by molar-refractivity contribution is 7.18. The van der Waals surface area contributed by atoms with E-state index >= 15 is 0 Å². The van der Waals surface area contributed by atoms with Gasteiger partial charge in [-0.25, -0.2) is 0 Å². The van der Waals surface area contributed by atoms with Crippen molar-refractivity contribution in [1.29, 1.82) is 0 Å². The molecule has 0 fully saturated rings. The summed E-state index contributed by atoms with van der Waals surface area (Å²) in [5, 5.41) is 12.1. The van der Waals surface area contributed by atoms with Crippen LogP contribution in [0.4, 0.5) is 5.13 Å². The lowest BCUT2D eigenvalue weighted by molar-refractivity contribution is 0.102. The van der Waals surface area contributed by atoms with E-state index in [0.717, 1.165) is 29.7 Å². The second-order valence-electron chi connectivity index (χ2n) is 7.15. The van der Waals surface area contributed by atoms with Crippen LogP contribution in [0, 0.1) is 0 Å². The smallest absolute Gasteiger partial charge is 0.257 e. The summed E-state index contributed by atoms with van der Waals surface area (Å²) in [5.74, 6) is 0.772. The Kier molecular flexibility index (Phi) is 5.47. The number of aromatic nitrogens is 4. The minimum atomic E-state index is -0.303. The Balaban J connectivity index is 1.31. The Morgan fingerprint density at radius 1 is 1.09 bits per heavy atom. The predicted octanol–water partition coefficient (Wildman–Crippen LogP) is 4.32. The van der Waals surface area contributed by atoms with Crippen molar-refractivity contribution in [1.82, 2.24) is 20.2 Å². The first-order chi connectivity index (χ1) is 15.7. The zero-order valence-electron chi connectivity index (χ0n) is 17.2. The van der Waals surface area contributed by atoms with E-state index in [1.165, 1.54) is 11.3 Å². The molecule has 4 aromatic rings. The van der Waals surface area contributed by atoms with Crippen LogP contribution in [0.5, 0.6) is 11.5 Å². The summed E-state index contributed by atoms with van der Waals surface area (Å²) in [6, 6.07) is 12.8. The molecular weight excluding hydrogens is 426 g/mol. The second-order valence-corrected chi connectivity index (χ2v) is 8.13. The van der Waals surface area contributed by atoms with Gasteiger partial charge in [-0.2, -0.15) is 0 Å². The molecule has 1 N–H and O–H groups in total. The first-order valence-corrected chi connectivity index (χ1v) is 10.9. The average molecular weight is 446 g/mol. The molecule has 0 saturated heterocycles. The standard InChI is InChI=1S/C23H19N5O3S/c1-30-20-13-15(4-6-19(20)31-18-7-5-17-16(18)3-2-10-25-17)21(29)26-23-28-27-22(32-23)14-8-11-24-12-9-14/h2-4,6,8-13,18H,5,7H2,1H3,(H,26,28,29). The van der Waals surface area contributed by atoms with Gasteiger partial charge in [0.05, 0.1) is 7.11 Å². The van der Waals surface area contributed by atoms with E-state index in [1.807, 2.05) is 24.3 Å². The molecule has 1 aliphatic carbocycles. The number of benzene rings is 1. The number of rotatable bonds is 6. The third kappa shape index (κ3) is 4.02. The summed E-state index contributed by atoms with van der Waals surface area (Å²) < 4.78 is 11.7. The number of ether oxygens (including phenoxy) is 2. The van der Waals surface area contributed by atoms with Gasteiger partial charge in [0, 0.05) is 41.0 Å². The number of hydrogen-bond donors (Lipinski definition) is 1. The van der Waals surface area contributed by atoms with Crippen molar-refractivity contribution in [2.24, 2.45) is 0 Å². The number of aryl methyl sites for hydroxylation is 1. The lowest BCUT2D eigenvalue weighted by Gasteiger charge is -2.17. The molecule has 1 amide bonds. The van der Waals surface area contributed by atoms with Gasteiger partial charge in [-0.05, 0) is 49.2 Å². The highest BCUT2D eigenvalue weighted by Gasteiger charge is 2.26. The van der Waals surface area contributed by atoms with Crippen molar-refractivity contribution in [3.63, 3.8) is 0 Å². The first kappa shape index (κ1) is 20.1. The molecule has 1 unspecified atom stereocenters. The van der Waals surface area contributed by atoms with E-state index < -0.39 is 0 Å². The van der Waals surface area contributed by atoms with E-state index in [-0.39, 0.29) is 12.0 Å². The number of amides is 1. The quantitative estimate of drug-likeness (QED) is 0.472. The van der Waals surface area contributed by atoms with E-state index in [1.54, 1.807) is 43.9 Å². The first-order valence-electron chi connectivity index (χ1n) is 10.0. The summed E-state index contributed by atoms with van der Waals surface area (Å²) in [4.78, 5) is 21.2. The van der Waals surface area contributed by atoms with Crippen molar-refractivity contribution >= 4 is 22.4 Å². The summed E-state index contributed by atoms with van der Waals surface area (Å²) >= 11 is 1.29. The fourth-order valence-electron chi connectivity index (χ4n) is 3.61. The van der Waals surface area contributed by atoms with E-state index in [9.17, 15) is 4.79 Å². The van der Waals surface area contributed by atoms with E-state index in [4.69, 9.17) is 9.47 Å². The van der Waals surface area contributed by atoms with Crippen LogP contribution < -0.4 is 14.8 Å². The second kappa shape index (κ2) is 8.72. The fourth-order valence-corrected chi connectivity index (χ4v) is 4.36. The van der Waals surface area contributed by atoms with Crippen molar-refractivity contribution in [3.8, 4) is 22.1 Å². The molecule has 32 heavy (non-hydrogen) atoms. The van der Waals surface area contributed by atoms with E-state index in [0.29, 0.717) is 27.2 Å². The Morgan fingerprint density at radius 3 is 2.81 bits per heavy atom. The van der Waals surface area contributed by atoms with Gasteiger partial charge in [-0.3, -0.25) is 20.1 Å². The van der Waals surface area contributed by atoms with Gasteiger partial charge in [0.2, 0.25) is 5.13 Å². The van der Waals surface area contributed by atoms with Crippen LogP contribution in [0.2, 0.25) is 0 Å². The number of anilines is 1. The topological polar surface area (TPSA) is 99.1 Å². The fraction of sp³-hybridized carbons (Fsp3) is 0.174. The van der Waals surface area contributed by atoms with Crippen LogP contribution in [-0.4, -0.2) is 33.2 Å². The number of nitrogens with zero attached hydrogens (tertiary/aromatic N) is 4. The van der Waals surface area contributed by atoms with Crippen molar-refractivity contribution in [3.05, 3.63) is 77.9 Å². The molecule has 1 aromatic carbocycles. The Bertz CT molecular complexity index is 1260. The Morgan fingerprint density at radius 2 is 1.97 bits per heavy atom. The normalized spacial score (nSPS) is 14.6. The van der Waals surface area contributed by atoms with Gasteiger partial charge < -0.3 is 9.47 Å². The SMILES string of the molecule is COc1cc(C(=O)Nc2nnc(-c3ccncc3)s2)ccc1OC1CCc2ncccc21. The summed E-state index contributed by atoms with van der Waals surface area (Å²) in [5.41, 5.74) is 3.49.